The third-order valence-electron chi connectivity index (χ3n) is 6.54. The van der Waals surface area contributed by atoms with Gasteiger partial charge in [-0.05, 0) is 23.3 Å². The van der Waals surface area contributed by atoms with Crippen LogP contribution in [0, 0.1) is 0 Å². The number of aromatic amines is 1. The van der Waals surface area contributed by atoms with Crippen LogP contribution in [0.1, 0.15) is 11.6 Å². The molecule has 19 heteroatoms. The zero-order valence-electron chi connectivity index (χ0n) is 22.8. The largest absolute Gasteiger partial charge is 0.508 e. The Morgan fingerprint density at radius 3 is 2.49 bits per heavy atom. The minimum Gasteiger partial charge on any atom is -0.508 e. The van der Waals surface area contributed by atoms with Gasteiger partial charge in [0.2, 0.25) is 5.91 Å². The highest BCUT2D eigenvalue weighted by molar-refractivity contribution is 8.01. The van der Waals surface area contributed by atoms with Crippen LogP contribution in [0.25, 0.3) is 0 Å². The molecule has 17 nitrogen and oxygen atoms in total. The zero-order valence-corrected chi connectivity index (χ0v) is 24.4. The van der Waals surface area contributed by atoms with Crippen molar-refractivity contribution in [2.45, 2.75) is 22.6 Å². The summed E-state index contributed by atoms with van der Waals surface area (Å²) in [5.74, 6) is -2.76. The van der Waals surface area contributed by atoms with Crippen molar-refractivity contribution in [2.24, 2.45) is 7.05 Å². The first-order valence-corrected chi connectivity index (χ1v) is 14.4. The predicted molar refractivity (Wildman–Crippen MR) is 152 cm³/mol. The Kier molecular flexibility index (Phi) is 9.14. The smallest absolute Gasteiger partial charge is 0.352 e. The molecule has 43 heavy (non-hydrogen) atoms. The fourth-order valence-corrected chi connectivity index (χ4v) is 6.62. The number of carboxylic acids is 1. The van der Waals surface area contributed by atoms with Crippen LogP contribution in [0.5, 0.6) is 5.75 Å². The molecule has 0 aliphatic carbocycles. The summed E-state index contributed by atoms with van der Waals surface area (Å²) in [6.07, 6.45) is 0. The van der Waals surface area contributed by atoms with Crippen LogP contribution in [-0.2, 0) is 21.4 Å². The van der Waals surface area contributed by atoms with Crippen LogP contribution in [-0.4, -0.2) is 102 Å². The van der Waals surface area contributed by atoms with Crippen LogP contribution in [0.3, 0.4) is 0 Å². The second kappa shape index (κ2) is 12.6. The van der Waals surface area contributed by atoms with Crippen LogP contribution in [0.2, 0.25) is 0 Å². The molecule has 3 heterocycles. The van der Waals surface area contributed by atoms with Gasteiger partial charge >= 0.3 is 29.2 Å². The van der Waals surface area contributed by atoms with Gasteiger partial charge < -0.3 is 26.2 Å². The molecule has 1 aromatic heterocycles. The first-order valence-electron chi connectivity index (χ1n) is 12.4. The Balaban J connectivity index is 1.52. The molecule has 0 radical (unpaired) electrons. The number of aromatic nitrogens is 3. The predicted octanol–water partition coefficient (Wildman–Crippen LogP) is -1.27. The summed E-state index contributed by atoms with van der Waals surface area (Å²) < 4.78 is 1.03. The number of β-lactam (4-membered cyclic amide) rings is 1. The van der Waals surface area contributed by atoms with Gasteiger partial charge in [-0.2, -0.15) is 0 Å². The maximum atomic E-state index is 13.4. The second-order valence-electron chi connectivity index (χ2n) is 9.23. The molecular weight excluding hydrogens is 608 g/mol. The first kappa shape index (κ1) is 31.2. The summed E-state index contributed by atoms with van der Waals surface area (Å²) in [7, 11) is 3.86. The molecule has 3 atom stereocenters. The highest BCUT2D eigenvalue weighted by Crippen LogP contribution is 2.41. The van der Waals surface area contributed by atoms with Gasteiger partial charge in [-0.1, -0.05) is 23.9 Å². The summed E-state index contributed by atoms with van der Waals surface area (Å²) in [4.78, 5) is 88.4. The molecular formula is C24H26N8O9S2. The Morgan fingerprint density at radius 2 is 1.86 bits per heavy atom. The average Bonchev–Trinajstić information content (AvgIpc) is 2.99. The second-order valence-corrected chi connectivity index (χ2v) is 11.3. The SMILES string of the molecule is CNC(=O)N(C)C(=O)NC(C(=O)NC1C(=O)N2C(C(=O)O)=C(CSc3n[nH]c(=O)c(=O)n3C)CS[C@@H]12)c1ccc(O)cc1. The quantitative estimate of drug-likeness (QED) is 0.113. The summed E-state index contributed by atoms with van der Waals surface area (Å²) in [5, 5.41) is 32.1. The van der Waals surface area contributed by atoms with Crippen molar-refractivity contribution in [1.29, 1.82) is 0 Å². The number of urea groups is 2. The zero-order chi connectivity index (χ0) is 31.6. The number of hydrogen-bond acceptors (Lipinski definition) is 11. The molecule has 0 saturated carbocycles. The number of aromatic hydroxyl groups is 1. The number of imide groups is 1. The lowest BCUT2D eigenvalue weighted by atomic mass is 10.0. The number of rotatable bonds is 8. The van der Waals surface area contributed by atoms with Crippen molar-refractivity contribution in [3.63, 3.8) is 0 Å². The van der Waals surface area contributed by atoms with E-state index in [9.17, 15) is 43.8 Å². The lowest BCUT2D eigenvalue weighted by Crippen LogP contribution is -2.71. The van der Waals surface area contributed by atoms with Gasteiger partial charge in [0.25, 0.3) is 5.91 Å². The number of carbonyl (C=O) groups is 5. The minimum absolute atomic E-state index is 0.0439. The normalized spacial score (nSPS) is 18.2. The van der Waals surface area contributed by atoms with E-state index in [0.717, 1.165) is 21.2 Å². The average molecular weight is 635 g/mol. The Morgan fingerprint density at radius 1 is 1.19 bits per heavy atom. The van der Waals surface area contributed by atoms with Crippen molar-refractivity contribution in [1.82, 2.24) is 40.5 Å². The number of aliphatic carboxylic acids is 1. The molecule has 6 N–H and O–H groups in total. The molecule has 228 valence electrons. The van der Waals surface area contributed by atoms with E-state index in [1.807, 2.05) is 0 Å². The van der Waals surface area contributed by atoms with Crippen molar-refractivity contribution < 1.29 is 34.2 Å². The molecule has 1 saturated heterocycles. The fourth-order valence-electron chi connectivity index (χ4n) is 4.22. The number of nitrogens with zero attached hydrogens (tertiary/aromatic N) is 4. The molecule has 6 amide bonds. The van der Waals surface area contributed by atoms with E-state index < -0.39 is 58.4 Å². The van der Waals surface area contributed by atoms with E-state index in [0.29, 0.717) is 10.5 Å². The summed E-state index contributed by atoms with van der Waals surface area (Å²) in [5.41, 5.74) is -1.40. The van der Waals surface area contributed by atoms with E-state index in [1.54, 1.807) is 0 Å². The highest BCUT2D eigenvalue weighted by atomic mass is 32.2. The van der Waals surface area contributed by atoms with E-state index in [4.69, 9.17) is 0 Å². The number of amides is 6. The number of phenolic OH excluding ortho intramolecular Hbond substituents is 1. The molecule has 2 aromatic rings. The van der Waals surface area contributed by atoms with Crippen molar-refractivity contribution in [3.05, 3.63) is 61.8 Å². The number of carbonyl (C=O) groups excluding carboxylic acids is 4. The Bertz CT molecular complexity index is 1640. The van der Waals surface area contributed by atoms with Gasteiger partial charge in [0.15, 0.2) is 5.16 Å². The van der Waals surface area contributed by atoms with Crippen LogP contribution >= 0.6 is 23.5 Å². The van der Waals surface area contributed by atoms with Crippen molar-refractivity contribution in [2.75, 3.05) is 25.6 Å². The van der Waals surface area contributed by atoms with Crippen LogP contribution in [0.4, 0.5) is 9.59 Å². The van der Waals surface area contributed by atoms with E-state index in [2.05, 4.69) is 26.1 Å². The van der Waals surface area contributed by atoms with Crippen molar-refractivity contribution >= 4 is 53.4 Å². The van der Waals surface area contributed by atoms with Gasteiger partial charge in [0.1, 0.15) is 28.9 Å². The van der Waals surface area contributed by atoms with E-state index in [1.165, 1.54) is 57.2 Å². The molecule has 4 rings (SSSR count). The van der Waals surface area contributed by atoms with Gasteiger partial charge in [-0.3, -0.25) is 28.6 Å². The van der Waals surface area contributed by atoms with Gasteiger partial charge in [-0.25, -0.2) is 24.4 Å². The number of benzene rings is 1. The Hall–Kier alpha value is -4.78. The maximum Gasteiger partial charge on any atom is 0.352 e. The highest BCUT2D eigenvalue weighted by Gasteiger charge is 2.54. The molecule has 1 fully saturated rings. The summed E-state index contributed by atoms with van der Waals surface area (Å²) >= 11 is 2.20. The van der Waals surface area contributed by atoms with E-state index >= 15 is 0 Å². The monoisotopic (exact) mass is 634 g/mol. The van der Waals surface area contributed by atoms with Crippen LogP contribution < -0.4 is 27.1 Å². The summed E-state index contributed by atoms with van der Waals surface area (Å²) in [6, 6.07) is 1.17. The lowest BCUT2D eigenvalue weighted by Gasteiger charge is -2.49. The molecule has 1 aromatic carbocycles. The molecule has 0 spiro atoms. The molecule has 2 unspecified atom stereocenters. The van der Waals surface area contributed by atoms with Crippen LogP contribution in [0.15, 0.2) is 50.3 Å². The number of nitrogens with one attached hydrogen (secondary N) is 4. The third kappa shape index (κ3) is 6.21. The third-order valence-corrected chi connectivity index (χ3v) is 9.00. The number of thioether (sulfide) groups is 2. The molecule has 2 aliphatic rings. The number of hydrogen-bond donors (Lipinski definition) is 6. The number of H-pyrrole nitrogens is 1. The summed E-state index contributed by atoms with van der Waals surface area (Å²) in [6.45, 7) is 0. The number of fused-ring (bicyclic) bond motifs is 1. The Labute approximate surface area is 250 Å². The van der Waals surface area contributed by atoms with E-state index in [-0.39, 0.29) is 33.7 Å². The molecule has 2 aliphatic heterocycles. The molecule has 0 bridgehead atoms. The maximum absolute atomic E-state index is 13.4. The van der Waals surface area contributed by atoms with Gasteiger partial charge in [-0.15, -0.1) is 16.9 Å². The van der Waals surface area contributed by atoms with Gasteiger partial charge in [0.05, 0.1) is 0 Å². The number of carboxylic acid groups (broad SMARTS) is 1. The topological polar surface area (TPSA) is 236 Å². The standard InChI is InChI=1S/C24H26N8O9S2/c1-25-22(40)31(3)23(41)27-13(10-4-6-12(33)7-5-10)16(34)26-14-18(36)32-15(21(38)39)11(8-42-20(14)32)9-43-24-29-28-17(35)19(37)30(24)2/h4-7,13-14,20,33H,8-9H2,1-3H3,(H,25,40)(H,26,34)(H,27,41)(H,28,35)(H,38,39)/t13?,14?,20-/m0/s1. The fraction of sp³-hybridized carbons (Fsp3) is 0.333. The lowest BCUT2D eigenvalue weighted by molar-refractivity contribution is -0.151. The first-order chi connectivity index (χ1) is 20.3. The van der Waals surface area contributed by atoms with Gasteiger partial charge in [0, 0.05) is 32.6 Å². The number of phenols is 1. The van der Waals surface area contributed by atoms with Crippen molar-refractivity contribution in [3.8, 4) is 5.75 Å². The minimum atomic E-state index is -1.38.